The summed E-state index contributed by atoms with van der Waals surface area (Å²) in [5.41, 5.74) is 1.52. The lowest BCUT2D eigenvalue weighted by atomic mass is 10.2. The summed E-state index contributed by atoms with van der Waals surface area (Å²) in [6.07, 6.45) is 1.77. The van der Waals surface area contributed by atoms with Gasteiger partial charge in [0.2, 0.25) is 0 Å². The Kier molecular flexibility index (Phi) is 6.84. The van der Waals surface area contributed by atoms with Gasteiger partial charge in [0.1, 0.15) is 0 Å². The molecular formula is C21H19BrN2O5S. The highest BCUT2D eigenvalue weighted by atomic mass is 79.9. The van der Waals surface area contributed by atoms with Crippen molar-refractivity contribution in [3.63, 3.8) is 0 Å². The van der Waals surface area contributed by atoms with E-state index in [-0.39, 0.29) is 11.5 Å². The average molecular weight is 491 g/mol. The third-order valence-electron chi connectivity index (χ3n) is 4.18. The van der Waals surface area contributed by atoms with E-state index >= 15 is 0 Å². The standard InChI is InChI=1S/C21H19BrN2O5S/c1-4-29-18-15(22)9-12(10-16(18)28-3)11-17-19(25)24(2)21(30-17)23-14-7-5-13(6-8-14)20(26)27/h5-11H,4H2,1-3H3,(H,26,27). The molecule has 0 bridgehead atoms. The summed E-state index contributed by atoms with van der Waals surface area (Å²) in [5, 5.41) is 9.50. The first-order chi connectivity index (χ1) is 14.3. The molecule has 2 aromatic carbocycles. The Balaban J connectivity index is 1.89. The summed E-state index contributed by atoms with van der Waals surface area (Å²) >= 11 is 4.73. The summed E-state index contributed by atoms with van der Waals surface area (Å²) in [5.74, 6) is -0.00482. The number of halogens is 1. The number of amidine groups is 1. The lowest BCUT2D eigenvalue weighted by Gasteiger charge is -2.12. The number of carboxylic acids is 1. The monoisotopic (exact) mass is 490 g/mol. The number of ether oxygens (including phenoxy) is 2. The van der Waals surface area contributed by atoms with Gasteiger partial charge < -0.3 is 14.6 Å². The van der Waals surface area contributed by atoms with Gasteiger partial charge in [-0.3, -0.25) is 9.69 Å². The lowest BCUT2D eigenvalue weighted by molar-refractivity contribution is -0.121. The molecule has 2 aromatic rings. The van der Waals surface area contributed by atoms with Crippen LogP contribution in [0.3, 0.4) is 0 Å². The molecular weight excluding hydrogens is 472 g/mol. The summed E-state index contributed by atoms with van der Waals surface area (Å²) in [6.45, 7) is 2.39. The number of hydrogen-bond acceptors (Lipinski definition) is 6. The van der Waals surface area contributed by atoms with Crippen molar-refractivity contribution in [2.24, 2.45) is 4.99 Å². The molecule has 3 rings (SSSR count). The van der Waals surface area contributed by atoms with E-state index in [9.17, 15) is 9.59 Å². The van der Waals surface area contributed by atoms with Gasteiger partial charge in [-0.05, 0) is 82.7 Å². The summed E-state index contributed by atoms with van der Waals surface area (Å²) in [4.78, 5) is 30.1. The molecule has 0 aromatic heterocycles. The lowest BCUT2D eigenvalue weighted by Crippen LogP contribution is -2.23. The maximum absolute atomic E-state index is 12.7. The van der Waals surface area contributed by atoms with Crippen LogP contribution in [0.4, 0.5) is 5.69 Å². The Hall–Kier alpha value is -2.78. The van der Waals surface area contributed by atoms with Gasteiger partial charge in [-0.1, -0.05) is 0 Å². The molecule has 156 valence electrons. The number of rotatable bonds is 6. The molecule has 1 saturated heterocycles. The third kappa shape index (κ3) is 4.68. The van der Waals surface area contributed by atoms with Crippen LogP contribution in [0.25, 0.3) is 6.08 Å². The van der Waals surface area contributed by atoms with Crippen LogP contribution in [0.2, 0.25) is 0 Å². The quantitative estimate of drug-likeness (QED) is 0.585. The van der Waals surface area contributed by atoms with E-state index in [1.54, 1.807) is 38.4 Å². The Morgan fingerprint density at radius 1 is 1.30 bits per heavy atom. The minimum absolute atomic E-state index is 0.176. The smallest absolute Gasteiger partial charge is 0.335 e. The van der Waals surface area contributed by atoms with Crippen LogP contribution in [0, 0.1) is 0 Å². The number of aromatic carboxylic acids is 1. The second-order valence-electron chi connectivity index (χ2n) is 6.19. The number of aliphatic imine (C=N–C) groups is 1. The van der Waals surface area contributed by atoms with E-state index in [1.165, 1.54) is 28.8 Å². The van der Waals surface area contributed by atoms with Crippen molar-refractivity contribution in [1.82, 2.24) is 4.90 Å². The number of carbonyl (C=O) groups is 2. The highest BCUT2D eigenvalue weighted by molar-refractivity contribution is 9.10. The van der Waals surface area contributed by atoms with Crippen molar-refractivity contribution in [3.8, 4) is 11.5 Å². The highest BCUT2D eigenvalue weighted by Gasteiger charge is 2.30. The van der Waals surface area contributed by atoms with Crippen LogP contribution >= 0.6 is 27.7 Å². The van der Waals surface area contributed by atoms with Crippen LogP contribution in [0.1, 0.15) is 22.8 Å². The van der Waals surface area contributed by atoms with Crippen molar-refractivity contribution in [3.05, 3.63) is 56.9 Å². The molecule has 1 N–H and O–H groups in total. The number of thioether (sulfide) groups is 1. The summed E-state index contributed by atoms with van der Waals surface area (Å²) in [6, 6.07) is 9.81. The number of likely N-dealkylation sites (N-methyl/N-ethyl adjacent to an activating group) is 1. The average Bonchev–Trinajstić information content (AvgIpc) is 2.98. The Morgan fingerprint density at radius 3 is 2.60 bits per heavy atom. The van der Waals surface area contributed by atoms with Gasteiger partial charge in [0.15, 0.2) is 16.7 Å². The predicted molar refractivity (Wildman–Crippen MR) is 121 cm³/mol. The van der Waals surface area contributed by atoms with Crippen LogP contribution in [0.15, 0.2) is 50.8 Å². The Bertz CT molecular complexity index is 1050. The highest BCUT2D eigenvalue weighted by Crippen LogP contribution is 2.39. The molecule has 0 atom stereocenters. The fraction of sp³-hybridized carbons (Fsp3) is 0.190. The number of nitrogens with zero attached hydrogens (tertiary/aromatic N) is 2. The van der Waals surface area contributed by atoms with Gasteiger partial charge in [0.05, 0.1) is 34.3 Å². The molecule has 7 nitrogen and oxygen atoms in total. The van der Waals surface area contributed by atoms with Crippen LogP contribution < -0.4 is 9.47 Å². The largest absolute Gasteiger partial charge is 0.493 e. The molecule has 0 aliphatic carbocycles. The third-order valence-corrected chi connectivity index (χ3v) is 5.83. The second-order valence-corrected chi connectivity index (χ2v) is 8.05. The minimum Gasteiger partial charge on any atom is -0.493 e. The molecule has 0 saturated carbocycles. The predicted octanol–water partition coefficient (Wildman–Crippen LogP) is 4.79. The van der Waals surface area contributed by atoms with Gasteiger partial charge in [-0.25, -0.2) is 9.79 Å². The van der Waals surface area contributed by atoms with Crippen molar-refractivity contribution >= 4 is 56.5 Å². The Labute approximate surface area is 186 Å². The van der Waals surface area contributed by atoms with Gasteiger partial charge in [0, 0.05) is 7.05 Å². The summed E-state index contributed by atoms with van der Waals surface area (Å²) < 4.78 is 11.7. The molecule has 1 amide bonds. The van der Waals surface area contributed by atoms with Crippen molar-refractivity contribution < 1.29 is 24.2 Å². The fourth-order valence-corrected chi connectivity index (χ4v) is 4.26. The number of carbonyl (C=O) groups excluding carboxylic acids is 1. The number of hydrogen-bond donors (Lipinski definition) is 1. The number of benzene rings is 2. The molecule has 1 aliphatic heterocycles. The molecule has 1 heterocycles. The van der Waals surface area contributed by atoms with Crippen molar-refractivity contribution in [2.45, 2.75) is 6.92 Å². The van der Waals surface area contributed by atoms with E-state index in [2.05, 4.69) is 20.9 Å². The molecule has 9 heteroatoms. The number of methoxy groups -OCH3 is 1. The van der Waals surface area contributed by atoms with Gasteiger partial charge in [0.25, 0.3) is 5.91 Å². The fourth-order valence-electron chi connectivity index (χ4n) is 2.70. The van der Waals surface area contributed by atoms with Crippen LogP contribution in [0.5, 0.6) is 11.5 Å². The second kappa shape index (κ2) is 9.36. The van der Waals surface area contributed by atoms with Crippen LogP contribution in [-0.4, -0.2) is 47.8 Å². The van der Waals surface area contributed by atoms with E-state index in [0.29, 0.717) is 33.9 Å². The van der Waals surface area contributed by atoms with E-state index in [0.717, 1.165) is 10.0 Å². The molecule has 1 fully saturated rings. The zero-order valence-electron chi connectivity index (χ0n) is 16.5. The molecule has 1 aliphatic rings. The maximum atomic E-state index is 12.7. The molecule has 30 heavy (non-hydrogen) atoms. The van der Waals surface area contributed by atoms with E-state index < -0.39 is 5.97 Å². The number of amides is 1. The first-order valence-electron chi connectivity index (χ1n) is 8.94. The van der Waals surface area contributed by atoms with Crippen molar-refractivity contribution in [2.75, 3.05) is 20.8 Å². The van der Waals surface area contributed by atoms with Gasteiger partial charge in [-0.2, -0.15) is 0 Å². The summed E-state index contributed by atoms with van der Waals surface area (Å²) in [7, 11) is 3.21. The van der Waals surface area contributed by atoms with E-state index in [4.69, 9.17) is 14.6 Å². The van der Waals surface area contributed by atoms with E-state index in [1.807, 2.05) is 13.0 Å². The Morgan fingerprint density at radius 2 is 2.00 bits per heavy atom. The first-order valence-corrected chi connectivity index (χ1v) is 10.5. The van der Waals surface area contributed by atoms with Gasteiger partial charge >= 0.3 is 5.97 Å². The minimum atomic E-state index is -1.00. The van der Waals surface area contributed by atoms with Gasteiger partial charge in [-0.15, -0.1) is 0 Å². The normalized spacial score (nSPS) is 16.4. The van der Waals surface area contributed by atoms with Crippen LogP contribution in [-0.2, 0) is 4.79 Å². The number of carboxylic acid groups (broad SMARTS) is 1. The first kappa shape index (κ1) is 21.9. The molecule has 0 radical (unpaired) electrons. The van der Waals surface area contributed by atoms with Crippen molar-refractivity contribution in [1.29, 1.82) is 0 Å². The maximum Gasteiger partial charge on any atom is 0.335 e. The SMILES string of the molecule is CCOc1c(Br)cc(C=C2SC(=Nc3ccc(C(=O)O)cc3)N(C)C2=O)cc1OC. The zero-order valence-corrected chi connectivity index (χ0v) is 18.9. The molecule has 0 spiro atoms. The topological polar surface area (TPSA) is 88.4 Å². The molecule has 0 unspecified atom stereocenters. The zero-order chi connectivity index (χ0) is 21.8.